The van der Waals surface area contributed by atoms with Crippen LogP contribution in [-0.4, -0.2) is 20.5 Å². The number of fused-ring (bicyclic) bond motifs is 1. The van der Waals surface area contributed by atoms with Gasteiger partial charge < -0.3 is 9.51 Å². The summed E-state index contributed by atoms with van der Waals surface area (Å²) in [5.41, 5.74) is 3.43. The van der Waals surface area contributed by atoms with Crippen LogP contribution in [0.1, 0.15) is 17.0 Å². The van der Waals surface area contributed by atoms with E-state index in [1.807, 2.05) is 36.6 Å². The molecule has 0 radical (unpaired) electrons. The Kier molecular flexibility index (Phi) is 2.19. The highest BCUT2D eigenvalue weighted by molar-refractivity contribution is 5.70. The summed E-state index contributed by atoms with van der Waals surface area (Å²) in [5, 5.41) is 8.74. The second-order valence-corrected chi connectivity index (χ2v) is 3.60. The number of pyridine rings is 1. The highest BCUT2D eigenvalue weighted by Crippen LogP contribution is 2.15. The molecule has 15 heavy (non-hydrogen) atoms. The zero-order valence-electron chi connectivity index (χ0n) is 8.69. The van der Waals surface area contributed by atoms with Gasteiger partial charge >= 0.3 is 5.97 Å². The van der Waals surface area contributed by atoms with Gasteiger partial charge in [0.15, 0.2) is 0 Å². The topological polar surface area (TPSA) is 54.6 Å². The summed E-state index contributed by atoms with van der Waals surface area (Å²) in [6.45, 7) is 3.85. The van der Waals surface area contributed by atoms with Crippen LogP contribution in [0, 0.1) is 13.8 Å². The molecule has 0 bridgehead atoms. The van der Waals surface area contributed by atoms with Crippen LogP contribution in [0.3, 0.4) is 0 Å². The Balaban J connectivity index is 2.64. The first-order chi connectivity index (χ1) is 7.09. The molecule has 0 amide bonds. The van der Waals surface area contributed by atoms with Crippen LogP contribution in [0.5, 0.6) is 0 Å². The van der Waals surface area contributed by atoms with Gasteiger partial charge in [-0.1, -0.05) is 6.07 Å². The van der Waals surface area contributed by atoms with E-state index < -0.39 is 5.97 Å². The van der Waals surface area contributed by atoms with E-state index in [0.29, 0.717) is 5.69 Å². The molecule has 2 aromatic heterocycles. The van der Waals surface area contributed by atoms with Crippen LogP contribution in [0.15, 0.2) is 18.3 Å². The third-order valence-corrected chi connectivity index (χ3v) is 2.50. The molecule has 0 unspecified atom stereocenters. The smallest absolute Gasteiger partial charge is 0.309 e. The Morgan fingerprint density at radius 2 is 2.27 bits per heavy atom. The van der Waals surface area contributed by atoms with Crippen molar-refractivity contribution in [3.05, 3.63) is 35.3 Å². The van der Waals surface area contributed by atoms with Crippen molar-refractivity contribution >= 4 is 11.6 Å². The minimum Gasteiger partial charge on any atom is -0.481 e. The van der Waals surface area contributed by atoms with Gasteiger partial charge in [-0.05, 0) is 25.5 Å². The van der Waals surface area contributed by atoms with E-state index in [-0.39, 0.29) is 6.42 Å². The Morgan fingerprint density at radius 1 is 1.53 bits per heavy atom. The van der Waals surface area contributed by atoms with Crippen molar-refractivity contribution in [2.75, 3.05) is 0 Å². The summed E-state index contributed by atoms with van der Waals surface area (Å²) < 4.78 is 1.92. The van der Waals surface area contributed by atoms with Gasteiger partial charge in [-0.15, -0.1) is 0 Å². The molecule has 0 aliphatic rings. The highest BCUT2D eigenvalue weighted by atomic mass is 16.4. The molecule has 4 nitrogen and oxygen atoms in total. The number of rotatable bonds is 2. The van der Waals surface area contributed by atoms with Gasteiger partial charge in [0.2, 0.25) is 0 Å². The molecular formula is C11H12N2O2. The van der Waals surface area contributed by atoms with Gasteiger partial charge in [-0.3, -0.25) is 4.79 Å². The summed E-state index contributed by atoms with van der Waals surface area (Å²) >= 11 is 0. The molecule has 0 aliphatic heterocycles. The molecule has 2 heterocycles. The molecule has 1 N–H and O–H groups in total. The fourth-order valence-corrected chi connectivity index (χ4v) is 1.68. The zero-order chi connectivity index (χ0) is 11.0. The normalized spacial score (nSPS) is 10.8. The van der Waals surface area contributed by atoms with Crippen LogP contribution >= 0.6 is 0 Å². The van der Waals surface area contributed by atoms with Crippen LogP contribution in [0.4, 0.5) is 0 Å². The number of aromatic nitrogens is 2. The first-order valence-electron chi connectivity index (χ1n) is 4.74. The van der Waals surface area contributed by atoms with Gasteiger partial charge in [0.05, 0.1) is 12.1 Å². The summed E-state index contributed by atoms with van der Waals surface area (Å²) in [4.78, 5) is 15.0. The predicted molar refractivity (Wildman–Crippen MR) is 56.0 cm³/mol. The van der Waals surface area contributed by atoms with Crippen molar-refractivity contribution in [2.45, 2.75) is 20.3 Å². The largest absolute Gasteiger partial charge is 0.481 e. The minimum atomic E-state index is -0.848. The van der Waals surface area contributed by atoms with Crippen LogP contribution in [0.25, 0.3) is 5.65 Å². The molecule has 2 aromatic rings. The minimum absolute atomic E-state index is 0.0209. The number of hydrogen-bond donors (Lipinski definition) is 1. The van der Waals surface area contributed by atoms with Crippen molar-refractivity contribution in [1.29, 1.82) is 0 Å². The number of imidazole rings is 1. The summed E-state index contributed by atoms with van der Waals surface area (Å²) in [6.07, 6.45) is 1.88. The number of carbonyl (C=O) groups is 1. The average Bonchev–Trinajstić information content (AvgIpc) is 2.46. The molecule has 0 saturated carbocycles. The fraction of sp³-hybridized carbons (Fsp3) is 0.273. The first kappa shape index (κ1) is 9.71. The van der Waals surface area contributed by atoms with E-state index in [2.05, 4.69) is 4.98 Å². The lowest BCUT2D eigenvalue weighted by molar-refractivity contribution is -0.136. The summed E-state index contributed by atoms with van der Waals surface area (Å²) in [5.74, 6) is -0.848. The van der Waals surface area contributed by atoms with Gasteiger partial charge in [-0.2, -0.15) is 0 Å². The molecule has 0 saturated heterocycles. The summed E-state index contributed by atoms with van der Waals surface area (Å²) in [7, 11) is 0. The second kappa shape index (κ2) is 3.38. The van der Waals surface area contributed by atoms with E-state index in [0.717, 1.165) is 16.9 Å². The van der Waals surface area contributed by atoms with Crippen molar-refractivity contribution < 1.29 is 9.90 Å². The van der Waals surface area contributed by atoms with E-state index in [9.17, 15) is 4.79 Å². The van der Waals surface area contributed by atoms with E-state index in [4.69, 9.17) is 5.11 Å². The lowest BCUT2D eigenvalue weighted by Crippen LogP contribution is -2.02. The molecule has 0 spiro atoms. The molecule has 0 atom stereocenters. The Labute approximate surface area is 87.2 Å². The quantitative estimate of drug-likeness (QED) is 0.808. The van der Waals surface area contributed by atoms with Crippen LogP contribution in [-0.2, 0) is 11.2 Å². The molecular weight excluding hydrogens is 192 g/mol. The second-order valence-electron chi connectivity index (χ2n) is 3.60. The third kappa shape index (κ3) is 1.58. The van der Waals surface area contributed by atoms with Crippen molar-refractivity contribution in [3.63, 3.8) is 0 Å². The van der Waals surface area contributed by atoms with Crippen LogP contribution in [0.2, 0.25) is 0 Å². The van der Waals surface area contributed by atoms with Crippen molar-refractivity contribution in [3.8, 4) is 0 Å². The van der Waals surface area contributed by atoms with Crippen molar-refractivity contribution in [2.24, 2.45) is 0 Å². The van der Waals surface area contributed by atoms with Gasteiger partial charge in [0.1, 0.15) is 5.65 Å². The zero-order valence-corrected chi connectivity index (χ0v) is 8.69. The number of aryl methyl sites for hydroxylation is 2. The maximum absolute atomic E-state index is 10.6. The summed E-state index contributed by atoms with van der Waals surface area (Å²) in [6, 6.07) is 3.90. The number of hydrogen-bond acceptors (Lipinski definition) is 2. The average molecular weight is 204 g/mol. The molecule has 0 aliphatic carbocycles. The molecule has 0 fully saturated rings. The van der Waals surface area contributed by atoms with Gasteiger partial charge in [0.25, 0.3) is 0 Å². The van der Waals surface area contributed by atoms with E-state index in [1.165, 1.54) is 0 Å². The number of nitrogens with zero attached hydrogens (tertiary/aromatic N) is 2. The lowest BCUT2D eigenvalue weighted by atomic mass is 10.2. The SMILES string of the molecule is Cc1cccn2c(C)c(CC(=O)O)nc12. The Morgan fingerprint density at radius 3 is 2.87 bits per heavy atom. The maximum Gasteiger partial charge on any atom is 0.309 e. The van der Waals surface area contributed by atoms with Crippen LogP contribution < -0.4 is 0 Å². The van der Waals surface area contributed by atoms with Gasteiger partial charge in [0, 0.05) is 11.9 Å². The number of aliphatic carboxylic acids is 1. The Bertz CT molecular complexity index is 529. The first-order valence-corrected chi connectivity index (χ1v) is 4.74. The fourth-order valence-electron chi connectivity index (χ4n) is 1.68. The third-order valence-electron chi connectivity index (χ3n) is 2.50. The maximum atomic E-state index is 10.6. The monoisotopic (exact) mass is 204 g/mol. The molecule has 4 heteroatoms. The number of carboxylic acids is 1. The van der Waals surface area contributed by atoms with Gasteiger partial charge in [-0.25, -0.2) is 4.98 Å². The lowest BCUT2D eigenvalue weighted by Gasteiger charge is -1.97. The van der Waals surface area contributed by atoms with E-state index >= 15 is 0 Å². The Hall–Kier alpha value is -1.84. The molecule has 0 aromatic carbocycles. The molecule has 78 valence electrons. The molecule has 2 rings (SSSR count). The van der Waals surface area contributed by atoms with Crippen molar-refractivity contribution in [1.82, 2.24) is 9.38 Å². The predicted octanol–water partition coefficient (Wildman–Crippen LogP) is 1.58. The number of carboxylic acid groups (broad SMARTS) is 1. The standard InChI is InChI=1S/C11H12N2O2/c1-7-4-3-5-13-8(2)9(6-10(14)15)12-11(7)13/h3-5H,6H2,1-2H3,(H,14,15). The highest BCUT2D eigenvalue weighted by Gasteiger charge is 2.11. The van der Waals surface area contributed by atoms with E-state index in [1.54, 1.807) is 0 Å².